The van der Waals surface area contributed by atoms with E-state index in [1.165, 1.54) is 36.1 Å². The smallest absolute Gasteiger partial charge is 0.385 e. The average molecular weight is 755 g/mol. The zero-order valence-electron chi connectivity index (χ0n) is 32.4. The molecule has 0 bridgehead atoms. The van der Waals surface area contributed by atoms with Crippen molar-refractivity contribution in [1.29, 1.82) is 0 Å². The molecule has 1 aliphatic rings. The van der Waals surface area contributed by atoms with E-state index in [9.17, 15) is 18.0 Å². The summed E-state index contributed by atoms with van der Waals surface area (Å²) in [7, 11) is 3.43. The first kappa shape index (κ1) is 50.3. The molecule has 1 aromatic heterocycles. The van der Waals surface area contributed by atoms with E-state index in [0.29, 0.717) is 28.5 Å². The maximum atomic E-state index is 13.0. The SMILES string of the molecule is C=C/C=C\C(=C/C(C)/C(NCC(N)=O)=C(\C)CC)C(F)(F)F.CC=NC.CCCNCC(CC)SC1CCc2cc(ON=[N+]=[N-])ncc21.CCOC. The van der Waals surface area contributed by atoms with Gasteiger partial charge >= 0.3 is 6.18 Å². The number of aromatic nitrogens is 1. The predicted octanol–water partition coefficient (Wildman–Crippen LogP) is 9.16. The largest absolute Gasteiger partial charge is 0.416 e. The third kappa shape index (κ3) is 22.9. The second kappa shape index (κ2) is 30.8. The van der Waals surface area contributed by atoms with Gasteiger partial charge in [-0.3, -0.25) is 4.79 Å². The fraction of sp³-hybridized carbons (Fsp3) is 0.595. The van der Waals surface area contributed by atoms with Crippen LogP contribution in [0.4, 0.5) is 13.2 Å². The summed E-state index contributed by atoms with van der Waals surface area (Å²) in [5, 5.41) is 10.6. The molecule has 52 heavy (non-hydrogen) atoms. The fourth-order valence-electron chi connectivity index (χ4n) is 4.49. The van der Waals surface area contributed by atoms with Gasteiger partial charge in [0, 0.05) is 66.6 Å². The number of hydrogen-bond acceptors (Lipinski definition) is 9. The normalized spacial score (nSPS) is 15.3. The number of aliphatic imine (C=N–C) groups is 1. The van der Waals surface area contributed by atoms with Crippen molar-refractivity contribution >= 4 is 23.9 Å². The van der Waals surface area contributed by atoms with Crippen LogP contribution in [0.15, 0.2) is 70.3 Å². The van der Waals surface area contributed by atoms with Crippen LogP contribution in [0.2, 0.25) is 0 Å². The molecule has 1 aromatic rings. The molecule has 0 aromatic carbocycles. The van der Waals surface area contributed by atoms with Crippen molar-refractivity contribution in [2.75, 3.05) is 40.4 Å². The molecule has 1 heterocycles. The fourth-order valence-corrected chi connectivity index (χ4v) is 5.97. The van der Waals surface area contributed by atoms with Gasteiger partial charge < -0.3 is 30.9 Å². The van der Waals surface area contributed by atoms with Gasteiger partial charge in [-0.25, -0.2) is 4.98 Å². The number of pyridine rings is 1. The monoisotopic (exact) mass is 754 g/mol. The molecule has 0 fully saturated rings. The van der Waals surface area contributed by atoms with E-state index in [4.69, 9.17) is 16.1 Å². The van der Waals surface area contributed by atoms with E-state index in [-0.39, 0.29) is 6.54 Å². The number of nitrogens with one attached hydrogen (secondary N) is 2. The molecule has 0 saturated heterocycles. The minimum atomic E-state index is -4.46. The van der Waals surface area contributed by atoms with Gasteiger partial charge in [-0.2, -0.15) is 13.2 Å². The molecular formula is C37H61F3N8O3S. The van der Waals surface area contributed by atoms with Crippen LogP contribution in [0.5, 0.6) is 5.88 Å². The number of halogens is 3. The Bertz CT molecular complexity index is 1320. The van der Waals surface area contributed by atoms with E-state index in [1.54, 1.807) is 34.2 Å². The zero-order chi connectivity index (χ0) is 40.0. The summed E-state index contributed by atoms with van der Waals surface area (Å²) in [5.41, 5.74) is 16.6. The van der Waals surface area contributed by atoms with Crippen molar-refractivity contribution in [2.45, 2.75) is 97.2 Å². The second-order valence-electron chi connectivity index (χ2n) is 11.3. The molecule has 294 valence electrons. The molecule has 15 heteroatoms. The van der Waals surface area contributed by atoms with Crippen molar-refractivity contribution in [3.63, 3.8) is 0 Å². The van der Waals surface area contributed by atoms with E-state index >= 15 is 0 Å². The number of allylic oxidation sites excluding steroid dienone is 6. The Balaban J connectivity index is 0. The number of nitrogens with two attached hydrogens (primary N) is 1. The van der Waals surface area contributed by atoms with Crippen molar-refractivity contribution in [3.05, 3.63) is 81.6 Å². The standard InChI is InChI=1S/C16H23F3N2O.C15H23N5OS.C3H7N.C3H8O/c1-5-7-8-13(16(17,18)19)9-12(4)15(11(3)6-2)21-10-14(20)22;1-3-7-17-9-12(4-2)22-14-6-5-11-8-15(21-20-19-16)18-10-13(11)14;2*1-3-4-2/h5,7-9,12,21H,1,6,10H2,2-4H3,(H2,20,22);8,10,12,14,17H,3-7,9H2,1-2H3;3H,1-2H3;3H2,1-2H3/b8-7-,13-9+,15-11-;;;. The van der Waals surface area contributed by atoms with Crippen LogP contribution in [0, 0.1) is 5.92 Å². The Labute approximate surface area is 313 Å². The van der Waals surface area contributed by atoms with Gasteiger partial charge in [-0.1, -0.05) is 64.2 Å². The summed E-state index contributed by atoms with van der Waals surface area (Å²) in [6.07, 6.45) is 8.92. The Morgan fingerprint density at radius 3 is 2.44 bits per heavy atom. The molecule has 1 aliphatic carbocycles. The van der Waals surface area contributed by atoms with Crippen LogP contribution in [-0.2, 0) is 16.0 Å². The number of nitrogens with zero attached hydrogens (tertiary/aromatic N) is 5. The number of azide groups is 1. The van der Waals surface area contributed by atoms with E-state index in [1.807, 2.05) is 44.8 Å². The summed E-state index contributed by atoms with van der Waals surface area (Å²) < 4.78 is 43.5. The van der Waals surface area contributed by atoms with Gasteiger partial charge in [0.1, 0.15) is 5.28 Å². The Morgan fingerprint density at radius 2 is 1.96 bits per heavy atom. The molecule has 2 rings (SSSR count). The van der Waals surface area contributed by atoms with Crippen molar-refractivity contribution < 1.29 is 27.5 Å². The number of rotatable bonds is 18. The molecule has 0 aliphatic heterocycles. The number of amides is 1. The molecule has 0 spiro atoms. The van der Waals surface area contributed by atoms with Gasteiger partial charge in [0.15, 0.2) is 0 Å². The Hall–Kier alpha value is -3.78. The average Bonchev–Trinajstić information content (AvgIpc) is 3.53. The lowest BCUT2D eigenvalue weighted by atomic mass is 9.98. The molecule has 3 unspecified atom stereocenters. The van der Waals surface area contributed by atoms with Crippen LogP contribution < -0.4 is 21.2 Å². The van der Waals surface area contributed by atoms with Crippen LogP contribution in [0.3, 0.4) is 0 Å². The minimum Gasteiger partial charge on any atom is -0.385 e. The van der Waals surface area contributed by atoms with Crippen LogP contribution in [-0.4, -0.2) is 68.9 Å². The van der Waals surface area contributed by atoms with Crippen molar-refractivity contribution in [1.82, 2.24) is 15.6 Å². The maximum Gasteiger partial charge on any atom is 0.416 e. The van der Waals surface area contributed by atoms with Gasteiger partial charge in [0.05, 0.1) is 12.1 Å². The number of ether oxygens (including phenoxy) is 1. The Morgan fingerprint density at radius 1 is 1.31 bits per heavy atom. The zero-order valence-corrected chi connectivity index (χ0v) is 33.2. The number of carbonyl (C=O) groups is 1. The number of alkyl halides is 3. The topological polar surface area (TPSA) is 160 Å². The number of hydrogen-bond donors (Lipinski definition) is 3. The van der Waals surface area contributed by atoms with Crippen molar-refractivity contribution in [3.8, 4) is 5.88 Å². The van der Waals surface area contributed by atoms with E-state index < -0.39 is 23.6 Å². The molecule has 4 N–H and O–H groups in total. The van der Waals surface area contributed by atoms with Crippen molar-refractivity contribution in [2.24, 2.45) is 21.9 Å². The van der Waals surface area contributed by atoms with Gasteiger partial charge in [-0.05, 0) is 82.3 Å². The first-order chi connectivity index (χ1) is 24.7. The summed E-state index contributed by atoms with van der Waals surface area (Å²) >= 11 is 2.04. The van der Waals surface area contributed by atoms with Crippen LogP contribution in [0.1, 0.15) is 90.5 Å². The van der Waals surface area contributed by atoms with Crippen LogP contribution >= 0.6 is 11.8 Å². The lowest BCUT2D eigenvalue weighted by molar-refractivity contribution is -0.117. The maximum absolute atomic E-state index is 13.0. The number of primary amides is 1. The highest BCUT2D eigenvalue weighted by molar-refractivity contribution is 8.00. The van der Waals surface area contributed by atoms with Gasteiger partial charge in [0.2, 0.25) is 11.8 Å². The number of fused-ring (bicyclic) bond motifs is 1. The second-order valence-corrected chi connectivity index (χ2v) is 12.9. The third-order valence-corrected chi connectivity index (χ3v) is 9.12. The highest BCUT2D eigenvalue weighted by Gasteiger charge is 2.32. The lowest BCUT2D eigenvalue weighted by Gasteiger charge is -2.20. The molecule has 3 atom stereocenters. The Kier molecular flexibility index (Phi) is 29.8. The number of thioether (sulfide) groups is 1. The molecule has 0 saturated carbocycles. The quantitative estimate of drug-likeness (QED) is 0.0256. The molecule has 1 amide bonds. The summed E-state index contributed by atoms with van der Waals surface area (Å²) in [6.45, 7) is 19.8. The predicted molar refractivity (Wildman–Crippen MR) is 210 cm³/mol. The third-order valence-electron chi connectivity index (χ3n) is 7.42. The van der Waals surface area contributed by atoms with Crippen LogP contribution in [0.25, 0.3) is 10.4 Å². The van der Waals surface area contributed by atoms with E-state index in [2.05, 4.69) is 56.0 Å². The number of aryl methyl sites for hydroxylation is 1. The molecule has 0 radical (unpaired) electrons. The lowest BCUT2D eigenvalue weighted by Crippen LogP contribution is -2.30. The summed E-state index contributed by atoms with van der Waals surface area (Å²) in [5.74, 6) is -0.732. The number of carbonyl (C=O) groups excluding carboxylic acids is 1. The van der Waals surface area contributed by atoms with E-state index in [0.717, 1.165) is 50.3 Å². The first-order valence-corrected chi connectivity index (χ1v) is 18.4. The summed E-state index contributed by atoms with van der Waals surface area (Å²) in [4.78, 5) is 26.2. The summed E-state index contributed by atoms with van der Waals surface area (Å²) in [6, 6.07) is 1.89. The number of methoxy groups -OCH3 is 1. The highest BCUT2D eigenvalue weighted by Crippen LogP contribution is 2.44. The highest BCUT2D eigenvalue weighted by atomic mass is 32.2. The van der Waals surface area contributed by atoms with Gasteiger partial charge in [0.25, 0.3) is 0 Å². The minimum absolute atomic E-state index is 0.116. The molecular weight excluding hydrogens is 694 g/mol. The first-order valence-electron chi connectivity index (χ1n) is 17.5. The van der Waals surface area contributed by atoms with Gasteiger partial charge in [-0.15, -0.1) is 11.8 Å². The molecule has 11 nitrogen and oxygen atoms in total.